The van der Waals surface area contributed by atoms with E-state index in [0.717, 1.165) is 12.1 Å². The van der Waals surface area contributed by atoms with Crippen LogP contribution < -0.4 is 5.32 Å². The highest BCUT2D eigenvalue weighted by Crippen LogP contribution is 2.34. The van der Waals surface area contributed by atoms with Crippen LogP contribution in [0, 0.1) is 0 Å². The number of aromatic nitrogens is 1. The molecule has 2 heteroatoms. The van der Waals surface area contributed by atoms with Crippen molar-refractivity contribution in [3.63, 3.8) is 0 Å². The molecule has 0 saturated carbocycles. The fraction of sp³-hybridized carbons (Fsp3) is 0.357. The highest BCUT2D eigenvalue weighted by molar-refractivity contribution is 5.83. The van der Waals surface area contributed by atoms with E-state index in [9.17, 15) is 0 Å². The van der Waals surface area contributed by atoms with Gasteiger partial charge in [0.25, 0.3) is 0 Å². The molecule has 16 heavy (non-hydrogen) atoms. The van der Waals surface area contributed by atoms with Crippen molar-refractivity contribution < 1.29 is 0 Å². The Morgan fingerprint density at radius 3 is 3.00 bits per heavy atom. The van der Waals surface area contributed by atoms with Gasteiger partial charge in [0.2, 0.25) is 0 Å². The normalized spacial score (nSPS) is 25.1. The molecule has 2 heterocycles. The molecule has 82 valence electrons. The topological polar surface area (TPSA) is 24.9 Å². The molecule has 0 spiro atoms. The summed E-state index contributed by atoms with van der Waals surface area (Å²) in [4.78, 5) is 4.42. The van der Waals surface area contributed by atoms with Crippen LogP contribution in [0.1, 0.15) is 25.3 Å². The van der Waals surface area contributed by atoms with Crippen molar-refractivity contribution in [3.8, 4) is 0 Å². The van der Waals surface area contributed by atoms with Crippen LogP contribution in [0.3, 0.4) is 0 Å². The van der Waals surface area contributed by atoms with Gasteiger partial charge in [0.15, 0.2) is 0 Å². The minimum Gasteiger partial charge on any atom is -0.308 e. The fourth-order valence-electron chi connectivity index (χ4n) is 2.71. The summed E-state index contributed by atoms with van der Waals surface area (Å²) >= 11 is 0. The molecule has 3 rings (SSSR count). The quantitative estimate of drug-likeness (QED) is 0.786. The second-order valence-corrected chi connectivity index (χ2v) is 4.74. The molecule has 1 aromatic carbocycles. The Hall–Kier alpha value is -1.41. The first-order valence-electron chi connectivity index (χ1n) is 5.89. The van der Waals surface area contributed by atoms with Crippen molar-refractivity contribution >= 4 is 10.9 Å². The van der Waals surface area contributed by atoms with Gasteiger partial charge in [0.05, 0.1) is 5.52 Å². The van der Waals surface area contributed by atoms with Crippen LogP contribution in [0.4, 0.5) is 0 Å². The molecule has 2 nitrogen and oxygen atoms in total. The first kappa shape index (κ1) is 9.79. The fourth-order valence-corrected chi connectivity index (χ4v) is 2.71. The summed E-state index contributed by atoms with van der Waals surface area (Å²) in [5.41, 5.74) is 2.60. The summed E-state index contributed by atoms with van der Waals surface area (Å²) in [5, 5.41) is 4.89. The molecular formula is C14H16N2. The maximum absolute atomic E-state index is 4.42. The molecule has 1 aliphatic rings. The smallest absolute Gasteiger partial charge is 0.0705 e. The summed E-state index contributed by atoms with van der Waals surface area (Å²) in [6.45, 7) is 3.41. The molecule has 1 N–H and O–H groups in total. The number of benzene rings is 1. The average Bonchev–Trinajstić information content (AvgIpc) is 2.77. The van der Waals surface area contributed by atoms with Gasteiger partial charge in [-0.25, -0.2) is 0 Å². The van der Waals surface area contributed by atoms with Gasteiger partial charge in [0, 0.05) is 17.1 Å². The molecule has 0 aliphatic carbocycles. The monoisotopic (exact) mass is 212 g/mol. The zero-order valence-corrected chi connectivity index (χ0v) is 9.53. The van der Waals surface area contributed by atoms with E-state index < -0.39 is 0 Å². The second-order valence-electron chi connectivity index (χ2n) is 4.74. The maximum atomic E-state index is 4.42. The molecule has 1 aliphatic heterocycles. The van der Waals surface area contributed by atoms with E-state index in [1.807, 2.05) is 12.3 Å². The maximum Gasteiger partial charge on any atom is 0.0705 e. The van der Waals surface area contributed by atoms with Gasteiger partial charge in [-0.1, -0.05) is 18.2 Å². The first-order valence-corrected chi connectivity index (χ1v) is 5.89. The van der Waals surface area contributed by atoms with Gasteiger partial charge in [0.1, 0.15) is 0 Å². The molecule has 1 fully saturated rings. The van der Waals surface area contributed by atoms with Crippen LogP contribution in [-0.2, 0) is 5.54 Å². The van der Waals surface area contributed by atoms with Crippen molar-refractivity contribution in [1.82, 2.24) is 10.3 Å². The number of hydrogen-bond acceptors (Lipinski definition) is 2. The number of nitrogens with zero attached hydrogens (tertiary/aromatic N) is 1. The molecule has 2 aromatic rings. The first-order chi connectivity index (χ1) is 7.80. The number of pyridine rings is 1. The third-order valence-electron chi connectivity index (χ3n) is 3.61. The third kappa shape index (κ3) is 1.41. The Labute approximate surface area is 95.7 Å². The van der Waals surface area contributed by atoms with Crippen LogP contribution >= 0.6 is 0 Å². The van der Waals surface area contributed by atoms with Crippen LogP contribution in [0.2, 0.25) is 0 Å². The Balaban J connectivity index is 2.23. The van der Waals surface area contributed by atoms with Crippen LogP contribution in [0.5, 0.6) is 0 Å². The van der Waals surface area contributed by atoms with E-state index in [0.29, 0.717) is 0 Å². The van der Waals surface area contributed by atoms with Crippen molar-refractivity contribution in [3.05, 3.63) is 42.1 Å². The highest BCUT2D eigenvalue weighted by Gasteiger charge is 2.31. The van der Waals surface area contributed by atoms with E-state index in [1.54, 1.807) is 0 Å². The molecule has 0 amide bonds. The van der Waals surface area contributed by atoms with Gasteiger partial charge in [-0.05, 0) is 44.0 Å². The van der Waals surface area contributed by atoms with Gasteiger partial charge >= 0.3 is 0 Å². The lowest BCUT2D eigenvalue weighted by atomic mass is 9.88. The number of nitrogens with one attached hydrogen (secondary N) is 1. The van der Waals surface area contributed by atoms with E-state index in [2.05, 4.69) is 41.5 Å². The minimum atomic E-state index is 0.128. The Morgan fingerprint density at radius 2 is 2.19 bits per heavy atom. The lowest BCUT2D eigenvalue weighted by molar-refractivity contribution is 0.438. The van der Waals surface area contributed by atoms with Crippen molar-refractivity contribution in [2.45, 2.75) is 25.3 Å². The van der Waals surface area contributed by atoms with Crippen LogP contribution in [-0.4, -0.2) is 11.5 Å². The predicted octanol–water partition coefficient (Wildman–Crippen LogP) is 2.83. The SMILES string of the molecule is CC1(c2cccc3ncccc23)CCCN1. The molecule has 0 bridgehead atoms. The molecule has 1 aromatic heterocycles. The molecular weight excluding hydrogens is 196 g/mol. The van der Waals surface area contributed by atoms with Gasteiger partial charge in [-0.15, -0.1) is 0 Å². The summed E-state index contributed by atoms with van der Waals surface area (Å²) in [5.74, 6) is 0. The highest BCUT2D eigenvalue weighted by atomic mass is 15.0. The number of hydrogen-bond donors (Lipinski definition) is 1. The standard InChI is InChI=1S/C14H16N2/c1-14(8-4-10-16-14)12-6-2-7-13-11(12)5-3-9-15-13/h2-3,5-7,9,16H,4,8,10H2,1H3. The lowest BCUT2D eigenvalue weighted by Crippen LogP contribution is -2.33. The second kappa shape index (κ2) is 3.56. The zero-order chi connectivity index (χ0) is 11.0. The van der Waals surface area contributed by atoms with Crippen molar-refractivity contribution in [2.24, 2.45) is 0 Å². The number of rotatable bonds is 1. The summed E-state index contributed by atoms with van der Waals surface area (Å²) in [6, 6.07) is 10.6. The summed E-state index contributed by atoms with van der Waals surface area (Å²) in [7, 11) is 0. The summed E-state index contributed by atoms with van der Waals surface area (Å²) < 4.78 is 0. The van der Waals surface area contributed by atoms with Crippen LogP contribution in [0.15, 0.2) is 36.5 Å². The summed E-state index contributed by atoms with van der Waals surface area (Å²) in [6.07, 6.45) is 4.32. The average molecular weight is 212 g/mol. The number of fused-ring (bicyclic) bond motifs is 1. The molecule has 1 saturated heterocycles. The van der Waals surface area contributed by atoms with E-state index in [-0.39, 0.29) is 5.54 Å². The third-order valence-corrected chi connectivity index (χ3v) is 3.61. The molecule has 1 unspecified atom stereocenters. The van der Waals surface area contributed by atoms with E-state index in [4.69, 9.17) is 0 Å². The van der Waals surface area contributed by atoms with Crippen molar-refractivity contribution in [1.29, 1.82) is 0 Å². The largest absolute Gasteiger partial charge is 0.308 e. The zero-order valence-electron chi connectivity index (χ0n) is 9.53. The van der Waals surface area contributed by atoms with Gasteiger partial charge < -0.3 is 5.32 Å². The van der Waals surface area contributed by atoms with Gasteiger partial charge in [-0.3, -0.25) is 4.98 Å². The Bertz CT molecular complexity index is 508. The molecule has 1 atom stereocenters. The van der Waals surface area contributed by atoms with Crippen molar-refractivity contribution in [2.75, 3.05) is 6.54 Å². The molecule has 0 radical (unpaired) electrons. The lowest BCUT2D eigenvalue weighted by Gasteiger charge is -2.26. The predicted molar refractivity (Wildman–Crippen MR) is 66.3 cm³/mol. The Kier molecular flexibility index (Phi) is 2.18. The Morgan fingerprint density at radius 1 is 1.25 bits per heavy atom. The van der Waals surface area contributed by atoms with E-state index in [1.165, 1.54) is 23.8 Å². The minimum absolute atomic E-state index is 0.128. The van der Waals surface area contributed by atoms with Crippen LogP contribution in [0.25, 0.3) is 10.9 Å². The van der Waals surface area contributed by atoms with E-state index >= 15 is 0 Å². The van der Waals surface area contributed by atoms with Gasteiger partial charge in [-0.2, -0.15) is 0 Å².